The molecule has 84 valence electrons. The fraction of sp³-hybridized carbons (Fsp3) is 0.909. The predicted octanol–water partition coefficient (Wildman–Crippen LogP) is 2.19. The van der Waals surface area contributed by atoms with Crippen molar-refractivity contribution in [2.24, 2.45) is 0 Å². The molecule has 0 saturated heterocycles. The molecular weight excluding hydrogens is 180 g/mol. The van der Waals surface area contributed by atoms with Crippen molar-refractivity contribution in [1.29, 1.82) is 0 Å². The summed E-state index contributed by atoms with van der Waals surface area (Å²) < 4.78 is 10.6. The average molecular weight is 202 g/mol. The Kier molecular flexibility index (Phi) is 5.96. The van der Waals surface area contributed by atoms with Crippen LogP contribution in [0.25, 0.3) is 0 Å². The highest BCUT2D eigenvalue weighted by atomic mass is 16.5. The van der Waals surface area contributed by atoms with Crippen molar-refractivity contribution >= 4 is 5.78 Å². The first kappa shape index (κ1) is 13.6. The molecule has 0 rings (SSSR count). The number of methoxy groups -OCH3 is 1. The van der Waals surface area contributed by atoms with Crippen molar-refractivity contribution in [3.05, 3.63) is 0 Å². The van der Waals surface area contributed by atoms with Gasteiger partial charge < -0.3 is 9.47 Å². The molecule has 0 aromatic heterocycles. The average Bonchev–Trinajstić information content (AvgIpc) is 2.18. The van der Waals surface area contributed by atoms with Crippen LogP contribution in [0.5, 0.6) is 0 Å². The second-order valence-electron chi connectivity index (χ2n) is 3.69. The van der Waals surface area contributed by atoms with E-state index in [0.29, 0.717) is 12.8 Å². The number of ether oxygens (including phenoxy) is 2. The van der Waals surface area contributed by atoms with E-state index in [4.69, 9.17) is 9.47 Å². The molecule has 0 saturated carbocycles. The van der Waals surface area contributed by atoms with Gasteiger partial charge in [0.15, 0.2) is 5.78 Å². The number of hydrogen-bond acceptors (Lipinski definition) is 3. The second-order valence-corrected chi connectivity index (χ2v) is 3.69. The Bertz CT molecular complexity index is 163. The smallest absolute Gasteiger partial charge is 0.190 e. The van der Waals surface area contributed by atoms with E-state index in [2.05, 4.69) is 0 Å². The van der Waals surface area contributed by atoms with Gasteiger partial charge in [-0.2, -0.15) is 0 Å². The van der Waals surface area contributed by atoms with Crippen molar-refractivity contribution in [3.8, 4) is 0 Å². The molecule has 0 atom stereocenters. The van der Waals surface area contributed by atoms with Crippen LogP contribution in [-0.4, -0.2) is 31.2 Å². The van der Waals surface area contributed by atoms with Crippen molar-refractivity contribution in [1.82, 2.24) is 0 Å². The zero-order valence-corrected chi connectivity index (χ0v) is 9.92. The first-order valence-corrected chi connectivity index (χ1v) is 5.22. The minimum Gasteiger partial charge on any atom is -0.371 e. The number of hydrogen-bond donors (Lipinski definition) is 0. The fourth-order valence-electron chi connectivity index (χ4n) is 1.42. The topological polar surface area (TPSA) is 35.5 Å². The third-order valence-corrected chi connectivity index (χ3v) is 2.59. The Labute approximate surface area is 86.8 Å². The van der Waals surface area contributed by atoms with Gasteiger partial charge in [-0.3, -0.25) is 4.79 Å². The summed E-state index contributed by atoms with van der Waals surface area (Å²) in [4.78, 5) is 11.8. The summed E-state index contributed by atoms with van der Waals surface area (Å²) in [6.45, 7) is 7.90. The predicted molar refractivity (Wildman–Crippen MR) is 56.4 cm³/mol. The molecule has 14 heavy (non-hydrogen) atoms. The van der Waals surface area contributed by atoms with E-state index in [1.54, 1.807) is 7.11 Å². The van der Waals surface area contributed by atoms with Crippen molar-refractivity contribution in [2.45, 2.75) is 52.2 Å². The third-order valence-electron chi connectivity index (χ3n) is 2.59. The van der Waals surface area contributed by atoms with E-state index in [-0.39, 0.29) is 18.5 Å². The molecule has 0 N–H and O–H groups in total. The molecule has 0 heterocycles. The zero-order valence-electron chi connectivity index (χ0n) is 9.92. The Morgan fingerprint density at radius 3 is 2.07 bits per heavy atom. The van der Waals surface area contributed by atoms with E-state index in [9.17, 15) is 4.79 Å². The Balaban J connectivity index is 4.29. The Morgan fingerprint density at radius 1 is 1.29 bits per heavy atom. The van der Waals surface area contributed by atoms with Crippen LogP contribution >= 0.6 is 0 Å². The number of Topliss-reactive ketones (excluding diaryl/α,β-unsaturated/α-hetero) is 1. The van der Waals surface area contributed by atoms with Gasteiger partial charge in [0.1, 0.15) is 12.2 Å². The van der Waals surface area contributed by atoms with Crippen molar-refractivity contribution in [2.75, 3.05) is 13.7 Å². The largest absolute Gasteiger partial charge is 0.371 e. The highest BCUT2D eigenvalue weighted by molar-refractivity contribution is 5.88. The van der Waals surface area contributed by atoms with Crippen LogP contribution in [0.15, 0.2) is 0 Å². The minimum absolute atomic E-state index is 0.0405. The van der Waals surface area contributed by atoms with Gasteiger partial charge in [0.05, 0.1) is 6.10 Å². The molecule has 0 spiro atoms. The summed E-state index contributed by atoms with van der Waals surface area (Å²) >= 11 is 0. The third kappa shape index (κ3) is 3.39. The summed E-state index contributed by atoms with van der Waals surface area (Å²) in [5.74, 6) is 0.0405. The van der Waals surface area contributed by atoms with Crippen LogP contribution < -0.4 is 0 Å². The molecule has 0 aliphatic rings. The number of carbonyl (C=O) groups is 1. The van der Waals surface area contributed by atoms with Gasteiger partial charge in [0, 0.05) is 7.11 Å². The molecule has 3 heteroatoms. The highest BCUT2D eigenvalue weighted by Crippen LogP contribution is 2.21. The molecular formula is C11H22O3. The summed E-state index contributed by atoms with van der Waals surface area (Å²) in [6.07, 6.45) is 1.47. The standard InChI is InChI=1S/C11H22O3/c1-6-11(7-2,13-5)10(12)8-14-9(3)4/h9H,6-8H2,1-5H3. The van der Waals surface area contributed by atoms with Crippen molar-refractivity contribution < 1.29 is 14.3 Å². The lowest BCUT2D eigenvalue weighted by Crippen LogP contribution is -2.42. The Hall–Kier alpha value is -0.410. The van der Waals surface area contributed by atoms with Gasteiger partial charge in [-0.25, -0.2) is 0 Å². The SMILES string of the molecule is CCC(CC)(OC)C(=O)COC(C)C. The lowest BCUT2D eigenvalue weighted by atomic mass is 9.92. The zero-order chi connectivity index (χ0) is 11.2. The Morgan fingerprint density at radius 2 is 1.79 bits per heavy atom. The van der Waals surface area contributed by atoms with Gasteiger partial charge in [-0.15, -0.1) is 0 Å². The van der Waals surface area contributed by atoms with Gasteiger partial charge in [0.25, 0.3) is 0 Å². The first-order chi connectivity index (χ1) is 6.52. The lowest BCUT2D eigenvalue weighted by molar-refractivity contribution is -0.148. The van der Waals surface area contributed by atoms with E-state index in [1.165, 1.54) is 0 Å². The molecule has 0 fully saturated rings. The van der Waals surface area contributed by atoms with Crippen molar-refractivity contribution in [3.63, 3.8) is 0 Å². The van der Waals surface area contributed by atoms with Gasteiger partial charge >= 0.3 is 0 Å². The normalized spacial score (nSPS) is 12.1. The van der Waals surface area contributed by atoms with Crippen LogP contribution in [-0.2, 0) is 14.3 Å². The first-order valence-electron chi connectivity index (χ1n) is 5.22. The van der Waals surface area contributed by atoms with Crippen LogP contribution in [0.4, 0.5) is 0 Å². The maximum absolute atomic E-state index is 11.8. The maximum Gasteiger partial charge on any atom is 0.190 e. The van der Waals surface area contributed by atoms with Crippen LogP contribution in [0, 0.1) is 0 Å². The van der Waals surface area contributed by atoms with Crippen LogP contribution in [0.2, 0.25) is 0 Å². The molecule has 0 amide bonds. The summed E-state index contributed by atoms with van der Waals surface area (Å²) in [5.41, 5.74) is -0.644. The lowest BCUT2D eigenvalue weighted by Gasteiger charge is -2.28. The van der Waals surface area contributed by atoms with Crippen LogP contribution in [0.3, 0.4) is 0 Å². The summed E-state index contributed by atoms with van der Waals surface area (Å²) in [6, 6.07) is 0. The number of carbonyl (C=O) groups excluding carboxylic acids is 1. The molecule has 0 unspecified atom stereocenters. The van der Waals surface area contributed by atoms with Gasteiger partial charge in [-0.1, -0.05) is 13.8 Å². The number of rotatable bonds is 7. The van der Waals surface area contributed by atoms with E-state index < -0.39 is 5.60 Å². The minimum atomic E-state index is -0.644. The van der Waals surface area contributed by atoms with Gasteiger partial charge in [0.2, 0.25) is 0 Å². The highest BCUT2D eigenvalue weighted by Gasteiger charge is 2.34. The molecule has 0 aromatic rings. The molecule has 0 aliphatic carbocycles. The fourth-order valence-corrected chi connectivity index (χ4v) is 1.42. The number of ketones is 1. The molecule has 0 radical (unpaired) electrons. The molecule has 0 aliphatic heterocycles. The molecule has 3 nitrogen and oxygen atoms in total. The van der Waals surface area contributed by atoms with E-state index in [1.807, 2.05) is 27.7 Å². The second kappa shape index (κ2) is 6.14. The van der Waals surface area contributed by atoms with E-state index >= 15 is 0 Å². The van der Waals surface area contributed by atoms with Gasteiger partial charge in [-0.05, 0) is 26.7 Å². The molecule has 0 bridgehead atoms. The monoisotopic (exact) mass is 202 g/mol. The summed E-state index contributed by atoms with van der Waals surface area (Å²) in [5, 5.41) is 0. The summed E-state index contributed by atoms with van der Waals surface area (Å²) in [7, 11) is 1.58. The quantitative estimate of drug-likeness (QED) is 0.635. The maximum atomic E-state index is 11.8. The molecule has 0 aromatic carbocycles. The van der Waals surface area contributed by atoms with Crippen LogP contribution in [0.1, 0.15) is 40.5 Å². The van der Waals surface area contributed by atoms with E-state index in [0.717, 1.165) is 0 Å².